The van der Waals surface area contributed by atoms with Crippen molar-refractivity contribution in [3.8, 4) is 5.88 Å². The van der Waals surface area contributed by atoms with E-state index in [4.69, 9.17) is 4.74 Å². The Balaban J connectivity index is 0.00000261. The smallest absolute Gasteiger partial charge is 0.239 e. The number of pyridine rings is 1. The highest BCUT2D eigenvalue weighted by atomic mass is 35.5. The van der Waals surface area contributed by atoms with Gasteiger partial charge in [0.05, 0.1) is 6.10 Å². The van der Waals surface area contributed by atoms with Crippen molar-refractivity contribution in [2.45, 2.75) is 58.3 Å². The molecule has 2 aliphatic rings. The van der Waals surface area contributed by atoms with Gasteiger partial charge in [0, 0.05) is 37.3 Å². The average molecular weight is 398 g/mol. The molecule has 4 N–H and O–H groups in total. The molecule has 2 saturated heterocycles. The molecule has 0 saturated carbocycles. The fourth-order valence-corrected chi connectivity index (χ4v) is 3.82. The van der Waals surface area contributed by atoms with Crippen molar-refractivity contribution >= 4 is 18.3 Å². The molecule has 152 valence electrons. The minimum Gasteiger partial charge on any atom is -0.475 e. The molecule has 0 radical (unpaired) electrons. The van der Waals surface area contributed by atoms with Crippen LogP contribution in [-0.4, -0.2) is 42.2 Å². The lowest BCUT2D eigenvalue weighted by molar-refractivity contribution is -0.124. The number of nitrogens with one attached hydrogen (secondary N) is 4. The Labute approximate surface area is 167 Å². The number of ether oxygens (including phenoxy) is 1. The third-order valence-electron chi connectivity index (χ3n) is 5.06. The van der Waals surface area contributed by atoms with Gasteiger partial charge in [-0.1, -0.05) is 13.8 Å². The van der Waals surface area contributed by atoms with Crippen LogP contribution < -0.4 is 26.2 Å². The summed E-state index contributed by atoms with van der Waals surface area (Å²) >= 11 is 0. The summed E-state index contributed by atoms with van der Waals surface area (Å²) < 4.78 is 5.89. The van der Waals surface area contributed by atoms with Gasteiger partial charge in [-0.3, -0.25) is 10.2 Å². The first-order valence-electron chi connectivity index (χ1n) is 9.64. The molecule has 0 bridgehead atoms. The number of halogens is 1. The molecular weight excluding hydrogens is 366 g/mol. The third kappa shape index (κ3) is 6.04. The standard InChI is InChI=1S/C19H31N5O2.ClH/c1-12(2)8-13(3)26-17-9-14(4-7-21-17)10-22-19(25)18-15-11-20-6-5-16(15)23-24-18;/h4,7,9,12-13,15-16,18,20,23-24H,5-6,8,10-11H2,1-3H3,(H,22,25);1H. The van der Waals surface area contributed by atoms with E-state index in [0.29, 0.717) is 24.4 Å². The summed E-state index contributed by atoms with van der Waals surface area (Å²) in [6.45, 7) is 8.75. The Morgan fingerprint density at radius 1 is 1.37 bits per heavy atom. The van der Waals surface area contributed by atoms with E-state index >= 15 is 0 Å². The third-order valence-corrected chi connectivity index (χ3v) is 5.06. The summed E-state index contributed by atoms with van der Waals surface area (Å²) in [6.07, 6.45) is 3.88. The number of fused-ring (bicyclic) bond motifs is 1. The molecule has 0 aliphatic carbocycles. The molecule has 7 nitrogen and oxygen atoms in total. The van der Waals surface area contributed by atoms with Gasteiger partial charge in [0.2, 0.25) is 11.8 Å². The van der Waals surface area contributed by atoms with Gasteiger partial charge in [-0.25, -0.2) is 10.4 Å². The van der Waals surface area contributed by atoms with Crippen molar-refractivity contribution in [3.05, 3.63) is 23.9 Å². The van der Waals surface area contributed by atoms with Crippen molar-refractivity contribution in [1.82, 2.24) is 26.5 Å². The largest absolute Gasteiger partial charge is 0.475 e. The maximum atomic E-state index is 12.6. The van der Waals surface area contributed by atoms with Crippen LogP contribution in [0.25, 0.3) is 0 Å². The molecule has 4 unspecified atom stereocenters. The van der Waals surface area contributed by atoms with Gasteiger partial charge in [-0.05, 0) is 43.9 Å². The Kier molecular flexibility index (Phi) is 8.28. The Morgan fingerprint density at radius 3 is 2.96 bits per heavy atom. The molecule has 1 aromatic rings. The summed E-state index contributed by atoms with van der Waals surface area (Å²) in [5.74, 6) is 1.51. The number of hydrogen-bond donors (Lipinski definition) is 4. The molecule has 1 aromatic heterocycles. The molecule has 3 heterocycles. The van der Waals surface area contributed by atoms with Crippen molar-refractivity contribution in [3.63, 3.8) is 0 Å². The minimum atomic E-state index is -0.198. The molecule has 0 spiro atoms. The van der Waals surface area contributed by atoms with Gasteiger partial charge in [0.25, 0.3) is 0 Å². The van der Waals surface area contributed by atoms with Crippen molar-refractivity contribution < 1.29 is 9.53 Å². The molecule has 0 aromatic carbocycles. The molecular formula is C19H32ClN5O2. The number of carbonyl (C=O) groups excluding carboxylic acids is 1. The van der Waals surface area contributed by atoms with Crippen LogP contribution in [0.1, 0.15) is 39.2 Å². The fraction of sp³-hybridized carbons (Fsp3) is 0.684. The van der Waals surface area contributed by atoms with E-state index in [1.807, 2.05) is 12.1 Å². The predicted octanol–water partition coefficient (Wildman–Crippen LogP) is 1.39. The van der Waals surface area contributed by atoms with Crippen LogP contribution in [0.5, 0.6) is 5.88 Å². The number of piperidine rings is 1. The Bertz CT molecular complexity index is 616. The van der Waals surface area contributed by atoms with Crippen LogP contribution in [0.2, 0.25) is 0 Å². The zero-order valence-corrected chi connectivity index (χ0v) is 17.1. The van der Waals surface area contributed by atoms with Gasteiger partial charge in [0.1, 0.15) is 6.04 Å². The number of rotatable bonds is 7. The zero-order chi connectivity index (χ0) is 18.5. The number of amides is 1. The summed E-state index contributed by atoms with van der Waals surface area (Å²) in [4.78, 5) is 16.8. The maximum absolute atomic E-state index is 12.6. The molecule has 2 aliphatic heterocycles. The molecule has 2 fully saturated rings. The summed E-state index contributed by atoms with van der Waals surface area (Å²) in [5.41, 5.74) is 7.39. The average Bonchev–Trinajstić information content (AvgIpc) is 3.03. The molecule has 1 amide bonds. The first-order valence-corrected chi connectivity index (χ1v) is 9.64. The van der Waals surface area contributed by atoms with Gasteiger partial charge < -0.3 is 15.4 Å². The highest BCUT2D eigenvalue weighted by Gasteiger charge is 2.40. The van der Waals surface area contributed by atoms with E-state index in [9.17, 15) is 4.79 Å². The van der Waals surface area contributed by atoms with Crippen LogP contribution in [0.15, 0.2) is 18.3 Å². The summed E-state index contributed by atoms with van der Waals surface area (Å²) in [5, 5.41) is 6.40. The number of hydrogen-bond acceptors (Lipinski definition) is 6. The van der Waals surface area contributed by atoms with Gasteiger partial charge in [0.15, 0.2) is 0 Å². The molecule has 27 heavy (non-hydrogen) atoms. The van der Waals surface area contributed by atoms with Crippen molar-refractivity contribution in [1.29, 1.82) is 0 Å². The molecule has 4 atom stereocenters. The van der Waals surface area contributed by atoms with Crippen molar-refractivity contribution in [2.75, 3.05) is 13.1 Å². The second-order valence-corrected chi connectivity index (χ2v) is 7.81. The van der Waals surface area contributed by atoms with E-state index < -0.39 is 0 Å². The van der Waals surface area contributed by atoms with Gasteiger partial charge in [-0.2, -0.15) is 0 Å². The highest BCUT2D eigenvalue weighted by molar-refractivity contribution is 5.85. The predicted molar refractivity (Wildman–Crippen MR) is 108 cm³/mol. The fourth-order valence-electron chi connectivity index (χ4n) is 3.82. The monoisotopic (exact) mass is 397 g/mol. The first kappa shape index (κ1) is 21.9. The highest BCUT2D eigenvalue weighted by Crippen LogP contribution is 2.20. The number of carbonyl (C=O) groups is 1. The SMILES string of the molecule is CC(C)CC(C)Oc1cc(CNC(=O)C2NNC3CCNCC32)ccn1.Cl. The summed E-state index contributed by atoms with van der Waals surface area (Å²) in [7, 11) is 0. The number of nitrogens with zero attached hydrogens (tertiary/aromatic N) is 1. The second-order valence-electron chi connectivity index (χ2n) is 7.81. The van der Waals surface area contributed by atoms with E-state index in [2.05, 4.69) is 47.2 Å². The van der Waals surface area contributed by atoms with E-state index in [-0.39, 0.29) is 36.4 Å². The second kappa shape index (κ2) is 10.2. The van der Waals surface area contributed by atoms with E-state index in [1.54, 1.807) is 6.20 Å². The lowest BCUT2D eigenvalue weighted by Crippen LogP contribution is -2.49. The van der Waals surface area contributed by atoms with Crippen LogP contribution >= 0.6 is 12.4 Å². The normalized spacial score (nSPS) is 25.4. The molecule has 8 heteroatoms. The first-order chi connectivity index (χ1) is 12.5. The van der Waals surface area contributed by atoms with E-state index in [1.165, 1.54) is 0 Å². The van der Waals surface area contributed by atoms with Crippen LogP contribution in [0.4, 0.5) is 0 Å². The van der Waals surface area contributed by atoms with Crippen LogP contribution in [0, 0.1) is 11.8 Å². The van der Waals surface area contributed by atoms with E-state index in [0.717, 1.165) is 31.5 Å². The summed E-state index contributed by atoms with van der Waals surface area (Å²) in [6, 6.07) is 3.99. The Morgan fingerprint density at radius 2 is 2.19 bits per heavy atom. The van der Waals surface area contributed by atoms with Gasteiger partial charge >= 0.3 is 0 Å². The van der Waals surface area contributed by atoms with Crippen molar-refractivity contribution in [2.24, 2.45) is 11.8 Å². The lowest BCUT2D eigenvalue weighted by Gasteiger charge is -2.27. The van der Waals surface area contributed by atoms with Gasteiger partial charge in [-0.15, -0.1) is 12.4 Å². The van der Waals surface area contributed by atoms with Crippen LogP contribution in [-0.2, 0) is 11.3 Å². The molecule has 3 rings (SSSR count). The lowest BCUT2D eigenvalue weighted by atomic mass is 9.89. The topological polar surface area (TPSA) is 87.3 Å². The number of hydrazine groups is 1. The number of aromatic nitrogens is 1. The zero-order valence-electron chi connectivity index (χ0n) is 16.3. The Hall–Kier alpha value is -1.41. The minimum absolute atomic E-state index is 0. The quantitative estimate of drug-likeness (QED) is 0.556. The maximum Gasteiger partial charge on any atom is 0.239 e. The van der Waals surface area contributed by atoms with Crippen LogP contribution in [0.3, 0.4) is 0 Å².